The molecule has 2 unspecified atom stereocenters. The molecular formula is C17H18N2O3. The molecule has 1 amide bonds. The van der Waals surface area contributed by atoms with Crippen LogP contribution in [0.3, 0.4) is 0 Å². The van der Waals surface area contributed by atoms with Crippen LogP contribution in [-0.4, -0.2) is 40.0 Å². The third-order valence-corrected chi connectivity index (χ3v) is 4.33. The topological polar surface area (TPSA) is 73.4 Å². The Morgan fingerprint density at radius 2 is 1.91 bits per heavy atom. The predicted molar refractivity (Wildman–Crippen MR) is 81.7 cm³/mol. The summed E-state index contributed by atoms with van der Waals surface area (Å²) >= 11 is 0. The first-order valence-corrected chi connectivity index (χ1v) is 7.28. The van der Waals surface area contributed by atoms with E-state index in [1.807, 2.05) is 37.3 Å². The summed E-state index contributed by atoms with van der Waals surface area (Å²) < 4.78 is 0. The van der Waals surface area contributed by atoms with Crippen LogP contribution in [0.4, 0.5) is 0 Å². The Bertz CT molecular complexity index is 693. The average molecular weight is 298 g/mol. The molecule has 5 heteroatoms. The molecule has 1 saturated heterocycles. The minimum atomic E-state index is -0.852. The lowest BCUT2D eigenvalue weighted by atomic mass is 9.89. The van der Waals surface area contributed by atoms with Crippen molar-refractivity contribution in [2.24, 2.45) is 5.92 Å². The van der Waals surface area contributed by atoms with Crippen LogP contribution in [0, 0.1) is 12.8 Å². The fourth-order valence-electron chi connectivity index (χ4n) is 3.10. The van der Waals surface area contributed by atoms with Gasteiger partial charge in [-0.05, 0) is 18.1 Å². The van der Waals surface area contributed by atoms with Gasteiger partial charge < -0.3 is 15.0 Å². The van der Waals surface area contributed by atoms with Gasteiger partial charge in [0.1, 0.15) is 0 Å². The molecule has 1 fully saturated rings. The molecule has 1 aromatic heterocycles. The number of nitrogens with zero attached hydrogens (tertiary/aromatic N) is 1. The van der Waals surface area contributed by atoms with Gasteiger partial charge in [-0.2, -0.15) is 0 Å². The first-order valence-electron chi connectivity index (χ1n) is 7.28. The fraction of sp³-hybridized carbons (Fsp3) is 0.294. The second kappa shape index (κ2) is 5.67. The van der Waals surface area contributed by atoms with Gasteiger partial charge in [-0.1, -0.05) is 30.3 Å². The molecule has 2 atom stereocenters. The molecule has 2 N–H and O–H groups in total. The Labute approximate surface area is 128 Å². The van der Waals surface area contributed by atoms with Crippen LogP contribution in [0.15, 0.2) is 42.7 Å². The number of carboxylic acid groups (broad SMARTS) is 1. The first kappa shape index (κ1) is 14.4. The van der Waals surface area contributed by atoms with Gasteiger partial charge >= 0.3 is 5.97 Å². The zero-order valence-electron chi connectivity index (χ0n) is 12.3. The highest BCUT2D eigenvalue weighted by atomic mass is 16.4. The van der Waals surface area contributed by atoms with Gasteiger partial charge in [0.15, 0.2) is 0 Å². The van der Waals surface area contributed by atoms with E-state index in [9.17, 15) is 14.7 Å². The summed E-state index contributed by atoms with van der Waals surface area (Å²) in [4.78, 5) is 28.7. The van der Waals surface area contributed by atoms with Gasteiger partial charge in [-0.25, -0.2) is 0 Å². The summed E-state index contributed by atoms with van der Waals surface area (Å²) in [5.74, 6) is -1.69. The Hall–Kier alpha value is -2.56. The molecule has 22 heavy (non-hydrogen) atoms. The van der Waals surface area contributed by atoms with Gasteiger partial charge in [0.2, 0.25) is 0 Å². The van der Waals surface area contributed by atoms with E-state index in [0.717, 1.165) is 11.1 Å². The summed E-state index contributed by atoms with van der Waals surface area (Å²) in [6.07, 6.45) is 3.44. The number of nitrogens with one attached hydrogen (secondary N) is 1. The molecular weight excluding hydrogens is 280 g/mol. The predicted octanol–water partition coefficient (Wildman–Crippen LogP) is 2.26. The van der Waals surface area contributed by atoms with Crippen molar-refractivity contribution in [1.82, 2.24) is 9.88 Å². The number of aryl methyl sites for hydroxylation is 1. The number of carboxylic acids is 1. The van der Waals surface area contributed by atoms with Gasteiger partial charge in [0.05, 0.1) is 11.5 Å². The molecule has 1 aliphatic rings. The number of aliphatic carboxylic acids is 1. The van der Waals surface area contributed by atoms with E-state index in [1.54, 1.807) is 17.3 Å². The SMILES string of the molecule is Cc1c[nH]cc1C(=O)N1CC(C(=O)O)C(c2ccccc2)C1. The average Bonchev–Trinajstić information content (AvgIpc) is 3.14. The molecule has 1 aliphatic heterocycles. The number of likely N-dealkylation sites (tertiary alicyclic amines) is 1. The van der Waals surface area contributed by atoms with E-state index in [4.69, 9.17) is 0 Å². The lowest BCUT2D eigenvalue weighted by Crippen LogP contribution is -2.30. The second-order valence-electron chi connectivity index (χ2n) is 5.72. The molecule has 0 spiro atoms. The number of benzene rings is 1. The Morgan fingerprint density at radius 3 is 2.50 bits per heavy atom. The maximum atomic E-state index is 12.6. The number of aromatic nitrogens is 1. The van der Waals surface area contributed by atoms with Crippen LogP contribution in [-0.2, 0) is 4.79 Å². The van der Waals surface area contributed by atoms with Crippen LogP contribution in [0.25, 0.3) is 0 Å². The summed E-state index contributed by atoms with van der Waals surface area (Å²) in [6.45, 7) is 2.55. The van der Waals surface area contributed by atoms with E-state index >= 15 is 0 Å². The van der Waals surface area contributed by atoms with E-state index < -0.39 is 11.9 Å². The highest BCUT2D eigenvalue weighted by molar-refractivity contribution is 5.96. The van der Waals surface area contributed by atoms with E-state index in [1.165, 1.54) is 0 Å². The minimum absolute atomic E-state index is 0.108. The lowest BCUT2D eigenvalue weighted by molar-refractivity contribution is -0.141. The summed E-state index contributed by atoms with van der Waals surface area (Å²) in [6, 6.07) is 9.55. The largest absolute Gasteiger partial charge is 0.481 e. The Morgan fingerprint density at radius 1 is 1.18 bits per heavy atom. The third-order valence-electron chi connectivity index (χ3n) is 4.33. The smallest absolute Gasteiger partial charge is 0.308 e. The molecule has 2 heterocycles. The van der Waals surface area contributed by atoms with Crippen molar-refractivity contribution < 1.29 is 14.7 Å². The van der Waals surface area contributed by atoms with Crippen molar-refractivity contribution in [3.8, 4) is 0 Å². The number of amides is 1. The molecule has 0 saturated carbocycles. The molecule has 1 aromatic carbocycles. The molecule has 114 valence electrons. The third kappa shape index (κ3) is 2.50. The van der Waals surface area contributed by atoms with Crippen LogP contribution in [0.1, 0.15) is 27.4 Å². The van der Waals surface area contributed by atoms with Crippen molar-refractivity contribution in [3.63, 3.8) is 0 Å². The number of carbonyl (C=O) groups is 2. The number of hydrogen-bond donors (Lipinski definition) is 2. The van der Waals surface area contributed by atoms with Gasteiger partial charge in [0, 0.05) is 31.4 Å². The van der Waals surface area contributed by atoms with Crippen molar-refractivity contribution in [2.45, 2.75) is 12.8 Å². The standard InChI is InChI=1S/C17H18N2O3/c1-11-7-18-8-13(11)16(20)19-9-14(15(10-19)17(21)22)12-5-3-2-4-6-12/h2-8,14-15,18H,9-10H2,1H3,(H,21,22). The number of aromatic amines is 1. The summed E-state index contributed by atoms with van der Waals surface area (Å²) in [7, 11) is 0. The van der Waals surface area contributed by atoms with E-state index in [-0.39, 0.29) is 18.4 Å². The van der Waals surface area contributed by atoms with Gasteiger partial charge in [-0.3, -0.25) is 9.59 Å². The highest BCUT2D eigenvalue weighted by Gasteiger charge is 2.40. The molecule has 5 nitrogen and oxygen atoms in total. The van der Waals surface area contributed by atoms with Crippen LogP contribution in [0.2, 0.25) is 0 Å². The number of rotatable bonds is 3. The minimum Gasteiger partial charge on any atom is -0.481 e. The maximum absolute atomic E-state index is 12.6. The molecule has 0 bridgehead atoms. The number of carbonyl (C=O) groups excluding carboxylic acids is 1. The normalized spacial score (nSPS) is 21.0. The zero-order valence-corrected chi connectivity index (χ0v) is 12.3. The maximum Gasteiger partial charge on any atom is 0.308 e. The van der Waals surface area contributed by atoms with E-state index in [0.29, 0.717) is 12.1 Å². The molecule has 0 radical (unpaired) electrons. The van der Waals surface area contributed by atoms with E-state index in [2.05, 4.69) is 4.98 Å². The van der Waals surface area contributed by atoms with Crippen molar-refractivity contribution in [1.29, 1.82) is 0 Å². The highest BCUT2D eigenvalue weighted by Crippen LogP contribution is 2.33. The quantitative estimate of drug-likeness (QED) is 0.913. The fourth-order valence-corrected chi connectivity index (χ4v) is 3.10. The van der Waals surface area contributed by atoms with Gasteiger partial charge in [-0.15, -0.1) is 0 Å². The first-order chi connectivity index (χ1) is 10.6. The van der Waals surface area contributed by atoms with Crippen LogP contribution < -0.4 is 0 Å². The molecule has 2 aromatic rings. The van der Waals surface area contributed by atoms with Crippen molar-refractivity contribution in [3.05, 3.63) is 59.4 Å². The molecule has 3 rings (SSSR count). The lowest BCUT2D eigenvalue weighted by Gasteiger charge is -2.16. The molecule has 0 aliphatic carbocycles. The van der Waals surface area contributed by atoms with Crippen molar-refractivity contribution in [2.75, 3.05) is 13.1 Å². The number of hydrogen-bond acceptors (Lipinski definition) is 2. The monoisotopic (exact) mass is 298 g/mol. The summed E-state index contributed by atoms with van der Waals surface area (Å²) in [5, 5.41) is 9.49. The Balaban J connectivity index is 1.86. The van der Waals surface area contributed by atoms with Crippen molar-refractivity contribution >= 4 is 11.9 Å². The van der Waals surface area contributed by atoms with Crippen LogP contribution >= 0.6 is 0 Å². The summed E-state index contributed by atoms with van der Waals surface area (Å²) in [5.41, 5.74) is 2.45. The van der Waals surface area contributed by atoms with Gasteiger partial charge in [0.25, 0.3) is 5.91 Å². The van der Waals surface area contributed by atoms with Crippen LogP contribution in [0.5, 0.6) is 0 Å². The Kier molecular flexibility index (Phi) is 3.71. The number of H-pyrrole nitrogens is 1. The second-order valence-corrected chi connectivity index (χ2v) is 5.72. The zero-order chi connectivity index (χ0) is 15.7.